The minimum absolute atomic E-state index is 0.0139. The monoisotopic (exact) mass is 261 g/mol. The van der Waals surface area contributed by atoms with E-state index in [1.54, 1.807) is 0 Å². The number of carbonyl (C=O) groups is 1. The molecule has 1 heterocycles. The molecule has 4 nitrogen and oxygen atoms in total. The predicted octanol–water partition coefficient (Wildman–Crippen LogP) is 3.01. The van der Waals surface area contributed by atoms with E-state index in [0.29, 0.717) is 5.82 Å². The Kier molecular flexibility index (Phi) is 4.50. The van der Waals surface area contributed by atoms with Gasteiger partial charge in [-0.1, -0.05) is 32.4 Å². The number of carbonyl (C=O) groups excluding carboxylic acids is 1. The van der Waals surface area contributed by atoms with Crippen LogP contribution < -0.4 is 5.32 Å². The van der Waals surface area contributed by atoms with Gasteiger partial charge in [0.25, 0.3) is 0 Å². The molecule has 1 unspecified atom stereocenters. The minimum atomic E-state index is -0.110. The minimum Gasteiger partial charge on any atom is -0.310 e. The van der Waals surface area contributed by atoms with Gasteiger partial charge in [0, 0.05) is 12.0 Å². The number of hydrogen-bond donors (Lipinski definition) is 1. The maximum atomic E-state index is 11.7. The van der Waals surface area contributed by atoms with E-state index >= 15 is 0 Å². The molecule has 16 heavy (non-hydrogen) atoms. The van der Waals surface area contributed by atoms with Crippen LogP contribution in [0.4, 0.5) is 5.82 Å². The van der Waals surface area contributed by atoms with Crippen LogP contribution in [-0.4, -0.2) is 15.9 Å². The second-order valence-corrected chi connectivity index (χ2v) is 4.59. The maximum Gasteiger partial charge on any atom is 0.228 e. The average molecular weight is 262 g/mol. The predicted molar refractivity (Wildman–Crippen MR) is 64.7 cm³/mol. The van der Waals surface area contributed by atoms with Crippen LogP contribution in [0.3, 0.4) is 0 Å². The standard InChI is InChI=1S/C10H13Cl2N3O/c1-5(2)6(3)9(16)14-8-4-7(11)13-10(12)15-8/h4-6H,1-3H3,(H,13,14,15,16). The molecule has 1 amide bonds. The molecule has 0 spiro atoms. The van der Waals surface area contributed by atoms with Gasteiger partial charge in [0.1, 0.15) is 11.0 Å². The Hall–Kier alpha value is -0.870. The van der Waals surface area contributed by atoms with Crippen molar-refractivity contribution in [2.75, 3.05) is 5.32 Å². The van der Waals surface area contributed by atoms with Gasteiger partial charge in [-0.05, 0) is 17.5 Å². The Morgan fingerprint density at radius 2 is 1.94 bits per heavy atom. The number of amides is 1. The molecule has 0 aliphatic carbocycles. The van der Waals surface area contributed by atoms with E-state index in [2.05, 4.69) is 15.3 Å². The second kappa shape index (κ2) is 5.46. The number of hydrogen-bond acceptors (Lipinski definition) is 3. The number of anilines is 1. The second-order valence-electron chi connectivity index (χ2n) is 3.87. The molecule has 1 N–H and O–H groups in total. The van der Waals surface area contributed by atoms with E-state index in [1.165, 1.54) is 6.07 Å². The first-order valence-corrected chi connectivity index (χ1v) is 5.66. The largest absolute Gasteiger partial charge is 0.310 e. The van der Waals surface area contributed by atoms with Crippen LogP contribution in [0, 0.1) is 11.8 Å². The third-order valence-corrected chi connectivity index (χ3v) is 2.70. The molecular formula is C10H13Cl2N3O. The number of aromatic nitrogens is 2. The normalized spacial score (nSPS) is 12.6. The van der Waals surface area contributed by atoms with Crippen LogP contribution in [0.2, 0.25) is 10.4 Å². The van der Waals surface area contributed by atoms with Gasteiger partial charge in [0.2, 0.25) is 11.2 Å². The first kappa shape index (κ1) is 13.2. The molecule has 1 aromatic heterocycles. The highest BCUT2D eigenvalue weighted by Crippen LogP contribution is 2.17. The lowest BCUT2D eigenvalue weighted by Gasteiger charge is -2.14. The maximum absolute atomic E-state index is 11.7. The Balaban J connectivity index is 2.77. The van der Waals surface area contributed by atoms with Crippen LogP contribution >= 0.6 is 23.2 Å². The van der Waals surface area contributed by atoms with E-state index in [0.717, 1.165) is 0 Å². The summed E-state index contributed by atoms with van der Waals surface area (Å²) in [5.74, 6) is 0.364. The molecule has 1 rings (SSSR count). The van der Waals surface area contributed by atoms with Crippen molar-refractivity contribution in [3.8, 4) is 0 Å². The fourth-order valence-electron chi connectivity index (χ4n) is 0.997. The Morgan fingerprint density at radius 3 is 2.44 bits per heavy atom. The van der Waals surface area contributed by atoms with Crippen molar-refractivity contribution in [3.05, 3.63) is 16.5 Å². The number of nitrogens with zero attached hydrogens (tertiary/aromatic N) is 2. The third-order valence-electron chi connectivity index (χ3n) is 2.33. The van der Waals surface area contributed by atoms with Gasteiger partial charge in [-0.15, -0.1) is 0 Å². The van der Waals surface area contributed by atoms with E-state index in [1.807, 2.05) is 20.8 Å². The quantitative estimate of drug-likeness (QED) is 0.672. The fourth-order valence-corrected chi connectivity index (χ4v) is 1.41. The summed E-state index contributed by atoms with van der Waals surface area (Å²) in [6, 6.07) is 1.46. The molecule has 0 bridgehead atoms. The van der Waals surface area contributed by atoms with E-state index < -0.39 is 0 Å². The summed E-state index contributed by atoms with van der Waals surface area (Å²) >= 11 is 11.3. The van der Waals surface area contributed by atoms with Crippen LogP contribution in [0.15, 0.2) is 6.07 Å². The highest BCUT2D eigenvalue weighted by atomic mass is 35.5. The van der Waals surface area contributed by atoms with Gasteiger partial charge in [-0.25, -0.2) is 9.97 Å². The van der Waals surface area contributed by atoms with Crippen molar-refractivity contribution in [2.24, 2.45) is 11.8 Å². The summed E-state index contributed by atoms with van der Waals surface area (Å²) in [6.07, 6.45) is 0. The average Bonchev–Trinajstić information content (AvgIpc) is 2.14. The van der Waals surface area contributed by atoms with Gasteiger partial charge in [0.15, 0.2) is 0 Å². The SMILES string of the molecule is CC(C)C(C)C(=O)Nc1cc(Cl)nc(Cl)n1. The van der Waals surface area contributed by atoms with Crippen LogP contribution in [0.5, 0.6) is 0 Å². The molecule has 0 aromatic carbocycles. The first-order chi connectivity index (χ1) is 7.40. The van der Waals surface area contributed by atoms with Crippen LogP contribution in [-0.2, 0) is 4.79 Å². The van der Waals surface area contributed by atoms with Crippen molar-refractivity contribution in [3.63, 3.8) is 0 Å². The zero-order valence-electron chi connectivity index (χ0n) is 9.29. The van der Waals surface area contributed by atoms with Gasteiger partial charge in [0.05, 0.1) is 0 Å². The summed E-state index contributed by atoms with van der Waals surface area (Å²) in [5.41, 5.74) is 0. The summed E-state index contributed by atoms with van der Waals surface area (Å²) in [6.45, 7) is 5.80. The fraction of sp³-hybridized carbons (Fsp3) is 0.500. The van der Waals surface area contributed by atoms with Crippen molar-refractivity contribution >= 4 is 34.9 Å². The highest BCUT2D eigenvalue weighted by molar-refractivity contribution is 6.32. The zero-order chi connectivity index (χ0) is 12.3. The lowest BCUT2D eigenvalue weighted by Crippen LogP contribution is -2.24. The summed E-state index contributed by atoms with van der Waals surface area (Å²) in [7, 11) is 0. The molecule has 88 valence electrons. The Labute approximate surface area is 104 Å². The molecule has 0 aliphatic heterocycles. The van der Waals surface area contributed by atoms with E-state index in [4.69, 9.17) is 23.2 Å². The molecule has 1 aromatic rings. The van der Waals surface area contributed by atoms with Crippen molar-refractivity contribution in [2.45, 2.75) is 20.8 Å². The van der Waals surface area contributed by atoms with Crippen LogP contribution in [0.1, 0.15) is 20.8 Å². The van der Waals surface area contributed by atoms with Crippen molar-refractivity contribution in [1.29, 1.82) is 0 Å². The topological polar surface area (TPSA) is 54.9 Å². The molecule has 0 aliphatic rings. The Morgan fingerprint density at radius 1 is 1.31 bits per heavy atom. The number of nitrogens with one attached hydrogen (secondary N) is 1. The highest BCUT2D eigenvalue weighted by Gasteiger charge is 2.17. The summed E-state index contributed by atoms with van der Waals surface area (Å²) in [5, 5.41) is 2.86. The lowest BCUT2D eigenvalue weighted by atomic mass is 9.97. The molecule has 1 atom stereocenters. The molecule has 0 saturated carbocycles. The lowest BCUT2D eigenvalue weighted by molar-refractivity contribution is -0.120. The van der Waals surface area contributed by atoms with E-state index in [-0.39, 0.29) is 28.2 Å². The smallest absolute Gasteiger partial charge is 0.228 e. The van der Waals surface area contributed by atoms with Crippen molar-refractivity contribution in [1.82, 2.24) is 9.97 Å². The van der Waals surface area contributed by atoms with Gasteiger partial charge in [-0.2, -0.15) is 0 Å². The molecule has 0 radical (unpaired) electrons. The Bertz CT molecular complexity index is 375. The zero-order valence-corrected chi connectivity index (χ0v) is 10.8. The van der Waals surface area contributed by atoms with Gasteiger partial charge in [-0.3, -0.25) is 4.79 Å². The van der Waals surface area contributed by atoms with Gasteiger partial charge < -0.3 is 5.32 Å². The number of rotatable bonds is 3. The van der Waals surface area contributed by atoms with Gasteiger partial charge >= 0.3 is 0 Å². The first-order valence-electron chi connectivity index (χ1n) is 4.91. The summed E-state index contributed by atoms with van der Waals surface area (Å²) < 4.78 is 0. The van der Waals surface area contributed by atoms with Crippen molar-refractivity contribution < 1.29 is 4.79 Å². The number of halogens is 2. The van der Waals surface area contributed by atoms with Crippen LogP contribution in [0.25, 0.3) is 0 Å². The molecule has 6 heteroatoms. The molecule has 0 fully saturated rings. The molecule has 0 saturated heterocycles. The third kappa shape index (κ3) is 3.61. The summed E-state index contributed by atoms with van der Waals surface area (Å²) in [4.78, 5) is 19.3. The molecular weight excluding hydrogens is 249 g/mol. The van der Waals surface area contributed by atoms with E-state index in [9.17, 15) is 4.79 Å².